The Hall–Kier alpha value is -1.12. The molecule has 7 atom stereocenters. The van der Waals surface area contributed by atoms with Crippen LogP contribution < -0.4 is 0 Å². The molecule has 0 radical (unpaired) electrons. The second-order valence-electron chi connectivity index (χ2n) is 9.93. The van der Waals surface area contributed by atoms with E-state index < -0.39 is 0 Å². The molecule has 0 aromatic carbocycles. The monoisotopic (exact) mass is 344 g/mol. The number of carbonyl (C=O) groups excluding carboxylic acids is 2. The smallest absolute Gasteiger partial charge is 0.197 e. The number of hydrogen-bond donors (Lipinski definition) is 1. The molecule has 0 amide bonds. The molecule has 3 nitrogen and oxygen atoms in total. The summed E-state index contributed by atoms with van der Waals surface area (Å²) >= 11 is 0. The number of carbonyl (C=O) groups is 2. The molecule has 0 unspecified atom stereocenters. The molecule has 0 bridgehead atoms. The fourth-order valence-corrected chi connectivity index (χ4v) is 7.92. The summed E-state index contributed by atoms with van der Waals surface area (Å²) in [6.45, 7) is 8.73. The van der Waals surface area contributed by atoms with Crippen LogP contribution in [0.1, 0.15) is 72.6 Å². The van der Waals surface area contributed by atoms with Gasteiger partial charge in [-0.25, -0.2) is 0 Å². The molecule has 25 heavy (non-hydrogen) atoms. The van der Waals surface area contributed by atoms with E-state index in [4.69, 9.17) is 0 Å². The molecule has 0 aromatic rings. The first kappa shape index (κ1) is 17.3. The van der Waals surface area contributed by atoms with Crippen LogP contribution in [0.5, 0.6) is 0 Å². The van der Waals surface area contributed by atoms with Crippen molar-refractivity contribution in [1.82, 2.24) is 0 Å². The summed E-state index contributed by atoms with van der Waals surface area (Å²) in [5.41, 5.74) is 1.18. The lowest BCUT2D eigenvalue weighted by molar-refractivity contribution is -0.130. The molecular formula is C22H32O3. The van der Waals surface area contributed by atoms with Crippen LogP contribution in [0.3, 0.4) is 0 Å². The second-order valence-corrected chi connectivity index (χ2v) is 9.93. The van der Waals surface area contributed by atoms with Crippen molar-refractivity contribution < 1.29 is 14.7 Å². The summed E-state index contributed by atoms with van der Waals surface area (Å²) < 4.78 is 0. The van der Waals surface area contributed by atoms with E-state index in [1.165, 1.54) is 6.42 Å². The van der Waals surface area contributed by atoms with E-state index in [1.807, 2.05) is 0 Å². The summed E-state index contributed by atoms with van der Waals surface area (Å²) in [4.78, 5) is 24.4. The highest BCUT2D eigenvalue weighted by molar-refractivity contribution is 5.95. The summed E-state index contributed by atoms with van der Waals surface area (Å²) in [5, 5.41) is 10.4. The topological polar surface area (TPSA) is 54.4 Å². The van der Waals surface area contributed by atoms with Crippen molar-refractivity contribution >= 4 is 11.6 Å². The van der Waals surface area contributed by atoms with E-state index in [1.54, 1.807) is 6.92 Å². The van der Waals surface area contributed by atoms with Crippen molar-refractivity contribution in [3.63, 3.8) is 0 Å². The SMILES string of the molecule is CC(=O)[C@H]1[C@H](C)C[C@H]2[C@@H]3CCC4=C(O)C(=O)CC[C@]4(C)[C@H]3CC[C@@]21C. The molecule has 0 heterocycles. The zero-order chi connectivity index (χ0) is 18.1. The van der Waals surface area contributed by atoms with Crippen LogP contribution in [0.15, 0.2) is 11.3 Å². The van der Waals surface area contributed by atoms with Gasteiger partial charge in [0.1, 0.15) is 5.78 Å². The third-order valence-corrected chi connectivity index (χ3v) is 8.87. The van der Waals surface area contributed by atoms with E-state index in [9.17, 15) is 14.7 Å². The lowest BCUT2D eigenvalue weighted by Crippen LogP contribution is -2.51. The highest BCUT2D eigenvalue weighted by Gasteiger charge is 2.61. The van der Waals surface area contributed by atoms with Crippen LogP contribution in [0, 0.1) is 40.4 Å². The normalized spacial score (nSPS) is 49.4. The van der Waals surface area contributed by atoms with E-state index in [0.29, 0.717) is 35.9 Å². The maximum atomic E-state index is 12.4. The lowest BCUT2D eigenvalue weighted by Gasteiger charge is -2.58. The lowest BCUT2D eigenvalue weighted by atomic mass is 9.46. The predicted octanol–water partition coefficient (Wildman–Crippen LogP) is 4.86. The Morgan fingerprint density at radius 3 is 2.52 bits per heavy atom. The number of Topliss-reactive ketones (excluding diaryl/α,β-unsaturated/α-hetero) is 2. The van der Waals surface area contributed by atoms with Gasteiger partial charge in [0.05, 0.1) is 0 Å². The average molecular weight is 344 g/mol. The third kappa shape index (κ3) is 2.16. The van der Waals surface area contributed by atoms with Crippen LogP contribution in [0.2, 0.25) is 0 Å². The maximum Gasteiger partial charge on any atom is 0.197 e. The molecule has 3 fully saturated rings. The number of aliphatic hydroxyl groups is 1. The maximum absolute atomic E-state index is 12.4. The van der Waals surface area contributed by atoms with Gasteiger partial charge in [-0.1, -0.05) is 20.8 Å². The second kappa shape index (κ2) is 5.44. The molecule has 0 spiro atoms. The van der Waals surface area contributed by atoms with Crippen molar-refractivity contribution in [2.75, 3.05) is 0 Å². The van der Waals surface area contributed by atoms with Gasteiger partial charge in [-0.15, -0.1) is 0 Å². The van der Waals surface area contributed by atoms with Gasteiger partial charge >= 0.3 is 0 Å². The molecule has 0 aliphatic heterocycles. The molecule has 3 heteroatoms. The predicted molar refractivity (Wildman–Crippen MR) is 97.0 cm³/mol. The van der Waals surface area contributed by atoms with Gasteiger partial charge in [-0.2, -0.15) is 0 Å². The highest BCUT2D eigenvalue weighted by Crippen LogP contribution is 2.67. The zero-order valence-corrected chi connectivity index (χ0v) is 16.1. The first-order chi connectivity index (χ1) is 11.7. The number of fused-ring (bicyclic) bond motifs is 5. The van der Waals surface area contributed by atoms with Crippen LogP contribution in [-0.2, 0) is 9.59 Å². The Kier molecular flexibility index (Phi) is 3.76. The van der Waals surface area contributed by atoms with Crippen molar-refractivity contribution in [1.29, 1.82) is 0 Å². The van der Waals surface area contributed by atoms with E-state index >= 15 is 0 Å². The standard InChI is InChI=1S/C22H32O3/c1-12-11-17-14-5-6-16-20(25)18(24)8-10-21(16,3)15(14)7-9-22(17,4)19(12)13(2)23/h12,14-15,17,19,25H,5-11H2,1-4H3/t12-,14-,15+,17+,19-,21-,22+/m1/s1. The van der Waals surface area contributed by atoms with Gasteiger partial charge < -0.3 is 5.11 Å². The minimum Gasteiger partial charge on any atom is -0.504 e. The number of rotatable bonds is 1. The number of hydrogen-bond acceptors (Lipinski definition) is 3. The summed E-state index contributed by atoms with van der Waals surface area (Å²) in [6.07, 6.45) is 6.74. The molecule has 0 saturated heterocycles. The van der Waals surface area contributed by atoms with Gasteiger partial charge in [0.15, 0.2) is 11.5 Å². The highest BCUT2D eigenvalue weighted by atomic mass is 16.3. The van der Waals surface area contributed by atoms with Crippen molar-refractivity contribution in [3.8, 4) is 0 Å². The zero-order valence-electron chi connectivity index (χ0n) is 16.1. The van der Waals surface area contributed by atoms with Gasteiger partial charge in [-0.3, -0.25) is 9.59 Å². The summed E-state index contributed by atoms with van der Waals surface area (Å²) in [7, 11) is 0. The van der Waals surface area contributed by atoms with Crippen LogP contribution in [-0.4, -0.2) is 16.7 Å². The van der Waals surface area contributed by atoms with Crippen molar-refractivity contribution in [2.45, 2.75) is 72.6 Å². The largest absolute Gasteiger partial charge is 0.504 e. The van der Waals surface area contributed by atoms with E-state index in [-0.39, 0.29) is 28.3 Å². The molecule has 4 aliphatic rings. The van der Waals surface area contributed by atoms with E-state index in [0.717, 1.165) is 37.7 Å². The molecule has 3 saturated carbocycles. The Bertz CT molecular complexity index is 662. The van der Waals surface area contributed by atoms with Crippen LogP contribution >= 0.6 is 0 Å². The van der Waals surface area contributed by atoms with E-state index in [2.05, 4.69) is 20.8 Å². The molecule has 0 aromatic heterocycles. The number of aliphatic hydroxyl groups excluding tert-OH is 1. The van der Waals surface area contributed by atoms with Crippen LogP contribution in [0.25, 0.3) is 0 Å². The fraction of sp³-hybridized carbons (Fsp3) is 0.818. The van der Waals surface area contributed by atoms with Crippen LogP contribution in [0.4, 0.5) is 0 Å². The van der Waals surface area contributed by atoms with Gasteiger partial charge in [0.25, 0.3) is 0 Å². The van der Waals surface area contributed by atoms with Gasteiger partial charge in [0, 0.05) is 12.3 Å². The Labute approximate surface area is 151 Å². The fourth-order valence-electron chi connectivity index (χ4n) is 7.92. The Morgan fingerprint density at radius 1 is 1.12 bits per heavy atom. The molecule has 4 aliphatic carbocycles. The Morgan fingerprint density at radius 2 is 1.84 bits per heavy atom. The molecular weight excluding hydrogens is 312 g/mol. The molecule has 138 valence electrons. The minimum absolute atomic E-state index is 0.0141. The van der Waals surface area contributed by atoms with Crippen molar-refractivity contribution in [3.05, 3.63) is 11.3 Å². The number of allylic oxidation sites excluding steroid dienone is 1. The number of ketones is 2. The Balaban J connectivity index is 1.71. The van der Waals surface area contributed by atoms with Crippen molar-refractivity contribution in [2.24, 2.45) is 40.4 Å². The minimum atomic E-state index is -0.0577. The van der Waals surface area contributed by atoms with Gasteiger partial charge in [-0.05, 0) is 85.5 Å². The summed E-state index contributed by atoms with van der Waals surface area (Å²) in [5.74, 6) is 2.91. The first-order valence-electron chi connectivity index (χ1n) is 10.2. The van der Waals surface area contributed by atoms with Gasteiger partial charge in [0.2, 0.25) is 0 Å². The molecule has 4 rings (SSSR count). The first-order valence-corrected chi connectivity index (χ1v) is 10.2. The quantitative estimate of drug-likeness (QED) is 0.739. The molecule has 1 N–H and O–H groups in total. The third-order valence-electron chi connectivity index (χ3n) is 8.87. The summed E-state index contributed by atoms with van der Waals surface area (Å²) in [6, 6.07) is 0. The average Bonchev–Trinajstić information content (AvgIpc) is 2.81.